The molecule has 0 fully saturated rings. The van der Waals surface area contributed by atoms with Crippen molar-refractivity contribution in [3.05, 3.63) is 11.9 Å². The molecule has 1 rings (SSSR count). The normalized spacial score (nSPS) is 14.9. The molecule has 1 amide bonds. The average Bonchev–Trinajstić information content (AvgIpc) is 2.41. The second kappa shape index (κ2) is 7.16. The Labute approximate surface area is 116 Å². The molecule has 0 aromatic carbocycles. The first-order valence-electron chi connectivity index (χ1n) is 7.15. The molecule has 19 heavy (non-hydrogen) atoms. The van der Waals surface area contributed by atoms with Crippen LogP contribution in [-0.2, 0) is 4.79 Å². The largest absolute Gasteiger partial charge is 0.357 e. The summed E-state index contributed by atoms with van der Waals surface area (Å²) >= 11 is 0. The summed E-state index contributed by atoms with van der Waals surface area (Å²) in [6.07, 6.45) is 2.03. The van der Waals surface area contributed by atoms with Crippen molar-refractivity contribution in [2.45, 2.75) is 34.6 Å². The van der Waals surface area contributed by atoms with E-state index in [1.807, 2.05) is 6.08 Å². The number of amides is 1. The lowest BCUT2D eigenvalue weighted by atomic mass is 10.3. The van der Waals surface area contributed by atoms with Gasteiger partial charge in [0, 0.05) is 33.1 Å². The molecular formula is C14H26N4O. The smallest absolute Gasteiger partial charge is 0.226 e. The van der Waals surface area contributed by atoms with Crippen molar-refractivity contribution < 1.29 is 4.79 Å². The van der Waals surface area contributed by atoms with Crippen LogP contribution in [-0.4, -0.2) is 59.3 Å². The molecule has 0 atom stereocenters. The summed E-state index contributed by atoms with van der Waals surface area (Å²) in [6, 6.07) is 0. The second-order valence-electron chi connectivity index (χ2n) is 4.45. The highest BCUT2D eigenvalue weighted by molar-refractivity contribution is 5.97. The molecule has 0 aromatic rings. The third-order valence-electron chi connectivity index (χ3n) is 3.43. The minimum atomic E-state index is 0.0421. The molecule has 1 aliphatic rings. The monoisotopic (exact) mass is 266 g/mol. The van der Waals surface area contributed by atoms with Crippen LogP contribution in [0, 0.1) is 0 Å². The van der Waals surface area contributed by atoms with E-state index >= 15 is 0 Å². The number of rotatable bonds is 5. The summed E-state index contributed by atoms with van der Waals surface area (Å²) in [5.74, 6) is 1.80. The molecule has 1 heterocycles. The Morgan fingerprint density at radius 3 is 2.11 bits per heavy atom. The topological polar surface area (TPSA) is 39.1 Å². The molecule has 0 bridgehead atoms. The number of hydrogen-bond donors (Lipinski definition) is 0. The van der Waals surface area contributed by atoms with Crippen molar-refractivity contribution in [1.82, 2.24) is 14.7 Å². The van der Waals surface area contributed by atoms with E-state index in [4.69, 9.17) is 4.99 Å². The van der Waals surface area contributed by atoms with Gasteiger partial charge in [-0.15, -0.1) is 0 Å². The Bertz CT molecular complexity index is 368. The van der Waals surface area contributed by atoms with Gasteiger partial charge in [0.15, 0.2) is 0 Å². The first kappa shape index (κ1) is 15.5. The quantitative estimate of drug-likeness (QED) is 0.761. The molecule has 0 unspecified atom stereocenters. The lowest BCUT2D eigenvalue weighted by molar-refractivity contribution is -0.125. The Balaban J connectivity index is 3.06. The van der Waals surface area contributed by atoms with Gasteiger partial charge < -0.3 is 9.80 Å². The number of guanidine groups is 1. The minimum absolute atomic E-state index is 0.0421. The van der Waals surface area contributed by atoms with Crippen LogP contribution in [0.25, 0.3) is 0 Å². The van der Waals surface area contributed by atoms with E-state index in [2.05, 4.69) is 37.5 Å². The van der Waals surface area contributed by atoms with Gasteiger partial charge in [-0.25, -0.2) is 0 Å². The summed E-state index contributed by atoms with van der Waals surface area (Å²) in [5.41, 5.74) is 0. The van der Waals surface area contributed by atoms with Crippen LogP contribution in [0.1, 0.15) is 34.6 Å². The molecule has 0 spiro atoms. The average molecular weight is 266 g/mol. The highest BCUT2D eigenvalue weighted by Gasteiger charge is 2.24. The van der Waals surface area contributed by atoms with Gasteiger partial charge in [0.2, 0.25) is 11.9 Å². The Morgan fingerprint density at radius 1 is 1.16 bits per heavy atom. The Morgan fingerprint density at radius 2 is 1.68 bits per heavy atom. The van der Waals surface area contributed by atoms with E-state index in [-0.39, 0.29) is 5.91 Å². The standard InChI is InChI=1S/C14H26N4O/c1-6-16(7-2)13-10-11-18(12(5)19)14(15-13)17(8-3)9-4/h10H,6-9,11H2,1-5H3. The maximum Gasteiger partial charge on any atom is 0.226 e. The molecule has 0 aliphatic carbocycles. The van der Waals surface area contributed by atoms with Crippen molar-refractivity contribution in [3.8, 4) is 0 Å². The summed E-state index contributed by atoms with van der Waals surface area (Å²) in [5, 5.41) is 0. The van der Waals surface area contributed by atoms with Crippen LogP contribution < -0.4 is 0 Å². The predicted octanol–water partition coefficient (Wildman–Crippen LogP) is 1.73. The highest BCUT2D eigenvalue weighted by Crippen LogP contribution is 2.15. The zero-order valence-corrected chi connectivity index (χ0v) is 12.8. The lowest BCUT2D eigenvalue weighted by Gasteiger charge is -2.35. The van der Waals surface area contributed by atoms with E-state index in [0.29, 0.717) is 6.54 Å². The van der Waals surface area contributed by atoms with Gasteiger partial charge in [-0.3, -0.25) is 9.69 Å². The molecule has 108 valence electrons. The molecule has 5 heteroatoms. The fraction of sp³-hybridized carbons (Fsp3) is 0.714. The first-order chi connectivity index (χ1) is 9.08. The molecule has 0 saturated heterocycles. The van der Waals surface area contributed by atoms with Gasteiger partial charge in [-0.1, -0.05) is 0 Å². The number of nitrogens with zero attached hydrogens (tertiary/aromatic N) is 4. The minimum Gasteiger partial charge on any atom is -0.357 e. The highest BCUT2D eigenvalue weighted by atomic mass is 16.2. The fourth-order valence-corrected chi connectivity index (χ4v) is 2.23. The first-order valence-corrected chi connectivity index (χ1v) is 7.15. The summed E-state index contributed by atoms with van der Waals surface area (Å²) in [6.45, 7) is 14.2. The number of carbonyl (C=O) groups is 1. The summed E-state index contributed by atoms with van der Waals surface area (Å²) in [7, 11) is 0. The van der Waals surface area contributed by atoms with Crippen LogP contribution in [0.5, 0.6) is 0 Å². The zero-order valence-electron chi connectivity index (χ0n) is 12.8. The predicted molar refractivity (Wildman–Crippen MR) is 78.7 cm³/mol. The second-order valence-corrected chi connectivity index (χ2v) is 4.45. The third-order valence-corrected chi connectivity index (χ3v) is 3.43. The van der Waals surface area contributed by atoms with E-state index < -0.39 is 0 Å². The van der Waals surface area contributed by atoms with Gasteiger partial charge in [0.05, 0.1) is 6.54 Å². The van der Waals surface area contributed by atoms with Crippen molar-refractivity contribution in [2.24, 2.45) is 4.99 Å². The summed E-state index contributed by atoms with van der Waals surface area (Å²) < 4.78 is 0. The summed E-state index contributed by atoms with van der Waals surface area (Å²) in [4.78, 5) is 22.5. The van der Waals surface area contributed by atoms with E-state index in [9.17, 15) is 4.79 Å². The SMILES string of the molecule is CCN(CC)C1=CCN(C(C)=O)C(N(CC)CC)=N1. The van der Waals surface area contributed by atoms with Crippen molar-refractivity contribution in [1.29, 1.82) is 0 Å². The van der Waals surface area contributed by atoms with Crippen molar-refractivity contribution in [2.75, 3.05) is 32.7 Å². The maximum atomic E-state index is 11.7. The van der Waals surface area contributed by atoms with E-state index in [1.165, 1.54) is 0 Å². The number of hydrogen-bond acceptors (Lipinski definition) is 4. The van der Waals surface area contributed by atoms with Gasteiger partial charge in [-0.05, 0) is 33.8 Å². The van der Waals surface area contributed by atoms with Gasteiger partial charge in [0.25, 0.3) is 0 Å². The molecular weight excluding hydrogens is 240 g/mol. The molecule has 0 N–H and O–H groups in total. The third kappa shape index (κ3) is 3.49. The van der Waals surface area contributed by atoms with Gasteiger partial charge in [-0.2, -0.15) is 4.99 Å². The molecule has 5 nitrogen and oxygen atoms in total. The number of aliphatic imine (C=N–C) groups is 1. The molecule has 0 radical (unpaired) electrons. The van der Waals surface area contributed by atoms with Crippen LogP contribution in [0.2, 0.25) is 0 Å². The van der Waals surface area contributed by atoms with Crippen LogP contribution in [0.4, 0.5) is 0 Å². The van der Waals surface area contributed by atoms with Crippen LogP contribution >= 0.6 is 0 Å². The Hall–Kier alpha value is -1.52. The number of carbonyl (C=O) groups excluding carboxylic acids is 1. The van der Waals surface area contributed by atoms with E-state index in [0.717, 1.165) is 38.0 Å². The molecule has 0 aromatic heterocycles. The van der Waals surface area contributed by atoms with Crippen molar-refractivity contribution >= 4 is 11.9 Å². The fourth-order valence-electron chi connectivity index (χ4n) is 2.23. The Kier molecular flexibility index (Phi) is 5.86. The van der Waals surface area contributed by atoms with Crippen LogP contribution in [0.15, 0.2) is 16.9 Å². The van der Waals surface area contributed by atoms with Crippen molar-refractivity contribution in [3.63, 3.8) is 0 Å². The van der Waals surface area contributed by atoms with Gasteiger partial charge in [0.1, 0.15) is 5.82 Å². The molecule has 1 aliphatic heterocycles. The molecule has 0 saturated carbocycles. The maximum absolute atomic E-state index is 11.7. The van der Waals surface area contributed by atoms with Crippen LogP contribution in [0.3, 0.4) is 0 Å². The zero-order chi connectivity index (χ0) is 14.4. The lowest BCUT2D eigenvalue weighted by Crippen LogP contribution is -2.48. The van der Waals surface area contributed by atoms with E-state index in [1.54, 1.807) is 11.8 Å². The van der Waals surface area contributed by atoms with Gasteiger partial charge >= 0.3 is 0 Å².